The van der Waals surface area contributed by atoms with E-state index in [1.807, 2.05) is 47.9 Å². The molecule has 2 aromatic carbocycles. The maximum Gasteiger partial charge on any atom is 0.180 e. The Bertz CT molecular complexity index is 1290. The average molecular weight is 446 g/mol. The summed E-state index contributed by atoms with van der Waals surface area (Å²) in [5.74, 6) is 3.27. The van der Waals surface area contributed by atoms with E-state index in [0.29, 0.717) is 10.7 Å². The Hall–Kier alpha value is -2.94. The third-order valence-electron chi connectivity index (χ3n) is 5.08. The van der Waals surface area contributed by atoms with E-state index >= 15 is 0 Å². The van der Waals surface area contributed by atoms with Crippen LogP contribution < -0.4 is 0 Å². The fourth-order valence-electron chi connectivity index (χ4n) is 3.69. The van der Waals surface area contributed by atoms with Gasteiger partial charge in [-0.25, -0.2) is 4.98 Å². The van der Waals surface area contributed by atoms with Gasteiger partial charge in [0.25, 0.3) is 0 Å². The van der Waals surface area contributed by atoms with E-state index in [4.69, 9.17) is 16.6 Å². The number of imidazole rings is 1. The third kappa shape index (κ3) is 4.14. The largest absolute Gasteiger partial charge is 0.300 e. The number of fused-ring (bicyclic) bond motifs is 3. The maximum absolute atomic E-state index is 12.2. The van der Waals surface area contributed by atoms with Gasteiger partial charge in [-0.2, -0.15) is 0 Å². The van der Waals surface area contributed by atoms with E-state index in [-0.39, 0.29) is 11.8 Å². The number of hydrogen-bond acceptors (Lipinski definition) is 3. The molecule has 0 fully saturated rings. The molecule has 0 aliphatic carbocycles. The molecule has 0 N–H and O–H groups in total. The molecule has 31 heavy (non-hydrogen) atoms. The number of halogens is 1. The van der Waals surface area contributed by atoms with Crippen LogP contribution in [0, 0.1) is 11.5 Å². The van der Waals surface area contributed by atoms with Crippen LogP contribution in [-0.2, 0) is 0 Å². The van der Waals surface area contributed by atoms with Crippen molar-refractivity contribution >= 4 is 31.2 Å². The van der Waals surface area contributed by atoms with Crippen molar-refractivity contribution in [2.75, 3.05) is 0 Å². The summed E-state index contributed by atoms with van der Waals surface area (Å²) in [7, 11) is -1.52. The van der Waals surface area contributed by atoms with Gasteiger partial charge in [0.2, 0.25) is 0 Å². The highest BCUT2D eigenvalue weighted by atomic mass is 35.5. The Balaban J connectivity index is 2.02. The molecule has 0 unspecified atom stereocenters. The van der Waals surface area contributed by atoms with Crippen molar-refractivity contribution in [1.82, 2.24) is 9.55 Å². The van der Waals surface area contributed by atoms with Gasteiger partial charge in [0.1, 0.15) is 20.1 Å². The lowest BCUT2D eigenvalue weighted by Gasteiger charge is -2.13. The molecule has 156 valence electrons. The fraction of sp³-hybridized carbons (Fsp3) is 0.240. The first-order valence-electron chi connectivity index (χ1n) is 10.2. The Kier molecular flexibility index (Phi) is 5.46. The van der Waals surface area contributed by atoms with Gasteiger partial charge in [-0.15, -0.1) is 5.54 Å². The highest BCUT2D eigenvalue weighted by Crippen LogP contribution is 2.34. The van der Waals surface area contributed by atoms with Crippen molar-refractivity contribution in [3.63, 3.8) is 0 Å². The second kappa shape index (κ2) is 7.95. The number of aromatic nitrogens is 2. The van der Waals surface area contributed by atoms with Crippen molar-refractivity contribution in [2.45, 2.75) is 39.5 Å². The first kappa shape index (κ1) is 21.3. The first-order chi connectivity index (χ1) is 14.7. The van der Waals surface area contributed by atoms with E-state index in [0.717, 1.165) is 33.8 Å². The molecule has 1 aliphatic rings. The van der Waals surface area contributed by atoms with Crippen LogP contribution in [0.25, 0.3) is 5.69 Å². The average Bonchev–Trinajstić information content (AvgIpc) is 3.11. The van der Waals surface area contributed by atoms with Gasteiger partial charge in [-0.3, -0.25) is 14.4 Å². The lowest BCUT2D eigenvalue weighted by Crippen LogP contribution is -2.16. The third-order valence-corrected chi connectivity index (χ3v) is 6.28. The highest BCUT2D eigenvalue weighted by Gasteiger charge is 2.28. The molecule has 4 nitrogen and oxygen atoms in total. The standard InChI is InChI=1S/C25H24ClN3OSi/c1-16-25-23(17(2)30)27-15-29(25)22-11-10-18(12-13-31(3,4)5)14-20(22)24(28-16)19-8-6-7-9-21(19)26/h6-11,14-16H,1-5H3/t16-/m0/s1. The van der Waals surface area contributed by atoms with Crippen LogP contribution in [0.3, 0.4) is 0 Å². The van der Waals surface area contributed by atoms with Gasteiger partial charge in [-0.05, 0) is 31.2 Å². The van der Waals surface area contributed by atoms with Crippen molar-refractivity contribution in [1.29, 1.82) is 0 Å². The zero-order chi connectivity index (χ0) is 22.3. The van der Waals surface area contributed by atoms with Crippen molar-refractivity contribution < 1.29 is 4.79 Å². The van der Waals surface area contributed by atoms with Crippen LogP contribution in [-0.4, -0.2) is 29.1 Å². The van der Waals surface area contributed by atoms with Gasteiger partial charge < -0.3 is 0 Å². The number of ketones is 1. The van der Waals surface area contributed by atoms with Crippen molar-refractivity contribution in [3.8, 4) is 17.2 Å². The minimum absolute atomic E-state index is 0.0730. The number of hydrogen-bond donors (Lipinski definition) is 0. The monoisotopic (exact) mass is 445 g/mol. The van der Waals surface area contributed by atoms with Crippen LogP contribution in [0.4, 0.5) is 0 Å². The fourth-order valence-corrected chi connectivity index (χ4v) is 4.43. The molecule has 2 heterocycles. The molecular weight excluding hydrogens is 422 g/mol. The Labute approximate surface area is 189 Å². The lowest BCUT2D eigenvalue weighted by molar-refractivity contribution is 0.101. The quantitative estimate of drug-likeness (QED) is 0.281. The number of rotatable bonds is 2. The Morgan fingerprint density at radius 1 is 1.13 bits per heavy atom. The van der Waals surface area contributed by atoms with E-state index < -0.39 is 8.07 Å². The van der Waals surface area contributed by atoms with Crippen LogP contribution in [0.5, 0.6) is 0 Å². The number of nitrogens with zero attached hydrogens (tertiary/aromatic N) is 3. The Morgan fingerprint density at radius 3 is 2.55 bits per heavy atom. The van der Waals surface area contributed by atoms with Crippen LogP contribution in [0.1, 0.15) is 52.8 Å². The second-order valence-electron chi connectivity index (χ2n) is 8.77. The van der Waals surface area contributed by atoms with Crippen LogP contribution in [0.2, 0.25) is 24.7 Å². The van der Waals surface area contributed by atoms with Gasteiger partial charge in [-0.1, -0.05) is 55.4 Å². The summed E-state index contributed by atoms with van der Waals surface area (Å²) in [6, 6.07) is 13.6. The van der Waals surface area contributed by atoms with Crippen LogP contribution in [0.15, 0.2) is 53.8 Å². The number of carbonyl (C=O) groups is 1. The molecule has 0 saturated heterocycles. The van der Waals surface area contributed by atoms with E-state index in [1.165, 1.54) is 6.92 Å². The van der Waals surface area contributed by atoms with Crippen LogP contribution >= 0.6 is 11.6 Å². The van der Waals surface area contributed by atoms with Gasteiger partial charge in [0.15, 0.2) is 5.78 Å². The summed E-state index contributed by atoms with van der Waals surface area (Å²) in [6.45, 7) is 10.2. The maximum atomic E-state index is 12.2. The minimum atomic E-state index is -1.52. The number of Topliss-reactive ketones (excluding diaryl/α,β-unsaturated/α-hetero) is 1. The van der Waals surface area contributed by atoms with Gasteiger partial charge in [0, 0.05) is 28.6 Å². The molecule has 1 aromatic heterocycles. The molecule has 1 aliphatic heterocycles. The van der Waals surface area contributed by atoms with E-state index in [1.54, 1.807) is 6.33 Å². The molecule has 1 atom stereocenters. The molecule has 6 heteroatoms. The summed E-state index contributed by atoms with van der Waals surface area (Å²) in [5.41, 5.74) is 9.09. The second-order valence-corrected chi connectivity index (χ2v) is 13.9. The Morgan fingerprint density at radius 2 is 1.87 bits per heavy atom. The topological polar surface area (TPSA) is 47.2 Å². The molecule has 0 radical (unpaired) electrons. The van der Waals surface area contributed by atoms with Crippen molar-refractivity contribution in [2.24, 2.45) is 4.99 Å². The smallest absolute Gasteiger partial charge is 0.180 e. The van der Waals surface area contributed by atoms with E-state index in [2.05, 4.69) is 42.2 Å². The van der Waals surface area contributed by atoms with Crippen molar-refractivity contribution in [3.05, 3.63) is 81.9 Å². The molecule has 0 amide bonds. The zero-order valence-electron chi connectivity index (χ0n) is 18.3. The summed E-state index contributed by atoms with van der Waals surface area (Å²) >= 11 is 6.58. The minimum Gasteiger partial charge on any atom is -0.300 e. The molecular formula is C25H24ClN3OSi. The SMILES string of the molecule is CC(=O)c1ncn2c1[C@H](C)N=C(c1ccccc1Cl)c1cc(C#C[Si](C)(C)C)ccc1-2. The number of benzene rings is 2. The molecule has 0 spiro atoms. The first-order valence-corrected chi connectivity index (χ1v) is 14.1. The highest BCUT2D eigenvalue weighted by molar-refractivity contribution is 6.83. The molecule has 3 aromatic rings. The summed E-state index contributed by atoms with van der Waals surface area (Å²) in [5, 5.41) is 0.634. The molecule has 4 rings (SSSR count). The lowest BCUT2D eigenvalue weighted by atomic mass is 9.98. The number of carbonyl (C=O) groups excluding carboxylic acids is 1. The zero-order valence-corrected chi connectivity index (χ0v) is 20.1. The molecule has 0 saturated carbocycles. The normalized spacial score (nSPS) is 15.2. The van der Waals surface area contributed by atoms with E-state index in [9.17, 15) is 4.79 Å². The van der Waals surface area contributed by atoms with Gasteiger partial charge >= 0.3 is 0 Å². The summed E-state index contributed by atoms with van der Waals surface area (Å²) in [6.07, 6.45) is 1.71. The van der Waals surface area contributed by atoms with Gasteiger partial charge in [0.05, 0.1) is 23.1 Å². The molecule has 0 bridgehead atoms. The number of aliphatic imine (C=N–C) groups is 1. The summed E-state index contributed by atoms with van der Waals surface area (Å²) < 4.78 is 1.97. The predicted molar refractivity (Wildman–Crippen MR) is 129 cm³/mol. The predicted octanol–water partition coefficient (Wildman–Crippen LogP) is 5.87. The summed E-state index contributed by atoms with van der Waals surface area (Å²) in [4.78, 5) is 21.7.